The van der Waals surface area contributed by atoms with Gasteiger partial charge in [-0.25, -0.2) is 9.78 Å². The van der Waals surface area contributed by atoms with Crippen molar-refractivity contribution in [3.8, 4) is 11.5 Å². The van der Waals surface area contributed by atoms with E-state index in [2.05, 4.69) is 31.2 Å². The predicted molar refractivity (Wildman–Crippen MR) is 128 cm³/mol. The average Bonchev–Trinajstić information content (AvgIpc) is 3.31. The third kappa shape index (κ3) is 4.42. The molecule has 3 heterocycles. The van der Waals surface area contributed by atoms with E-state index in [-0.39, 0.29) is 17.4 Å². The summed E-state index contributed by atoms with van der Waals surface area (Å²) >= 11 is 0. The van der Waals surface area contributed by atoms with Crippen LogP contribution >= 0.6 is 0 Å². The normalized spacial score (nSPS) is 18.1. The molecule has 3 N–H and O–H groups in total. The fourth-order valence-corrected chi connectivity index (χ4v) is 5.26. The summed E-state index contributed by atoms with van der Waals surface area (Å²) in [5.74, 6) is -0.747. The lowest BCUT2D eigenvalue weighted by molar-refractivity contribution is -0.143. The molecule has 180 valence electrons. The van der Waals surface area contributed by atoms with Gasteiger partial charge < -0.3 is 19.9 Å². The highest BCUT2D eigenvalue weighted by atomic mass is 16.4. The molecule has 0 atom stereocenters. The first kappa shape index (κ1) is 22.5. The number of nitrogens with zero attached hydrogens (tertiary/aromatic N) is 4. The number of aliphatic carboxylic acids is 1. The Morgan fingerprint density at radius 3 is 2.56 bits per heavy atom. The van der Waals surface area contributed by atoms with Crippen molar-refractivity contribution in [3.05, 3.63) is 38.5 Å². The second kappa shape index (κ2) is 9.17. The van der Waals surface area contributed by atoms with Gasteiger partial charge in [-0.3, -0.25) is 14.6 Å². The highest BCUT2D eigenvalue weighted by Gasteiger charge is 2.25. The molecule has 4 aliphatic rings. The summed E-state index contributed by atoms with van der Waals surface area (Å²) in [7, 11) is 0. The number of H-pyrrole nitrogens is 1. The van der Waals surface area contributed by atoms with E-state index in [4.69, 9.17) is 0 Å². The summed E-state index contributed by atoms with van der Waals surface area (Å²) < 4.78 is 1.91. The van der Waals surface area contributed by atoms with Gasteiger partial charge in [0.2, 0.25) is 0 Å². The molecule has 1 aliphatic carbocycles. The minimum atomic E-state index is -0.732. The van der Waals surface area contributed by atoms with Crippen LogP contribution in [-0.2, 0) is 11.3 Å². The molecule has 1 saturated heterocycles. The number of aromatic amines is 1. The van der Waals surface area contributed by atoms with Crippen molar-refractivity contribution in [2.24, 2.45) is 5.92 Å². The van der Waals surface area contributed by atoms with Gasteiger partial charge in [0.15, 0.2) is 11.5 Å². The zero-order chi connectivity index (χ0) is 23.8. The van der Waals surface area contributed by atoms with Crippen LogP contribution in [0, 0.1) is 12.8 Å². The number of aryl methyl sites for hydroxylation is 1. The number of likely N-dealkylation sites (tertiary alicyclic amines) is 1. The Morgan fingerprint density at radius 2 is 1.85 bits per heavy atom. The molecule has 10 heteroatoms. The molecular formula is C24H30N6O4. The minimum absolute atomic E-state index is 0.146. The van der Waals surface area contributed by atoms with Gasteiger partial charge in [-0.1, -0.05) is 12.8 Å². The largest absolute Gasteiger partial charge is 0.481 e. The Bertz CT molecular complexity index is 1300. The van der Waals surface area contributed by atoms with Crippen molar-refractivity contribution >= 4 is 22.7 Å². The van der Waals surface area contributed by atoms with Crippen molar-refractivity contribution in [1.29, 1.82) is 0 Å². The average molecular weight is 467 g/mol. The number of anilines is 1. The minimum Gasteiger partial charge on any atom is -0.481 e. The molecule has 2 fully saturated rings. The Morgan fingerprint density at radius 1 is 1.12 bits per heavy atom. The number of hydrogen-bond acceptors (Lipinski definition) is 7. The first-order valence-corrected chi connectivity index (χ1v) is 12.1. The summed E-state index contributed by atoms with van der Waals surface area (Å²) in [5.41, 5.74) is 2.49. The number of carboxylic acid groups (broad SMARTS) is 1. The number of nitrogens with one attached hydrogen (secondary N) is 2. The lowest BCUT2D eigenvalue weighted by atomic mass is 9.97. The zero-order valence-corrected chi connectivity index (χ0v) is 19.3. The Balaban J connectivity index is 1.53. The summed E-state index contributed by atoms with van der Waals surface area (Å²) in [4.78, 5) is 49.0. The van der Waals surface area contributed by atoms with Crippen LogP contribution in [0.15, 0.2) is 21.7 Å². The molecule has 0 radical (unpaired) electrons. The maximum Gasteiger partial charge on any atom is 0.349 e. The fourth-order valence-electron chi connectivity index (χ4n) is 5.26. The van der Waals surface area contributed by atoms with Crippen molar-refractivity contribution < 1.29 is 9.90 Å². The lowest BCUT2D eigenvalue weighted by Gasteiger charge is -2.30. The van der Waals surface area contributed by atoms with E-state index in [1.807, 2.05) is 17.6 Å². The molecule has 10 nitrogen and oxygen atoms in total. The maximum absolute atomic E-state index is 12.5. The van der Waals surface area contributed by atoms with Crippen molar-refractivity contribution in [2.75, 3.05) is 25.0 Å². The number of fused-ring (bicyclic) bond motifs is 2. The smallest absolute Gasteiger partial charge is 0.349 e. The summed E-state index contributed by atoms with van der Waals surface area (Å²) in [5, 5.41) is 12.9. The van der Waals surface area contributed by atoms with Gasteiger partial charge >= 0.3 is 11.7 Å². The highest BCUT2D eigenvalue weighted by molar-refractivity contribution is 5.84. The van der Waals surface area contributed by atoms with E-state index < -0.39 is 17.2 Å². The van der Waals surface area contributed by atoms with Gasteiger partial charge in [0.1, 0.15) is 0 Å². The standard InChI is InChI=1S/C24H30N6O4/c1-14-12-18-19(13-17(14)25-16-4-2-3-5-16)30(21-20(26-18)22(31)28-24(34)27-21)11-10-29-8-6-15(7-9-29)23(32)33/h12-13,15-16,25H,2-11H2,1H3,(H,32,33)(H,28,31,34). The lowest BCUT2D eigenvalue weighted by Crippen LogP contribution is -2.38. The molecule has 5 rings (SSSR count). The van der Waals surface area contributed by atoms with Crippen molar-refractivity contribution in [1.82, 2.24) is 24.4 Å². The van der Waals surface area contributed by atoms with E-state index >= 15 is 0 Å². The number of rotatable bonds is 6. The van der Waals surface area contributed by atoms with Crippen LogP contribution < -0.4 is 16.6 Å². The van der Waals surface area contributed by atoms with E-state index in [1.54, 1.807) is 0 Å². The van der Waals surface area contributed by atoms with Crippen LogP contribution in [0.2, 0.25) is 0 Å². The summed E-state index contributed by atoms with van der Waals surface area (Å²) in [6.45, 7) is 4.60. The third-order valence-corrected chi connectivity index (χ3v) is 7.25. The number of piperidine rings is 1. The molecule has 34 heavy (non-hydrogen) atoms. The van der Waals surface area contributed by atoms with Gasteiger partial charge in [0.05, 0.1) is 17.0 Å². The molecule has 1 aromatic carbocycles. The first-order valence-electron chi connectivity index (χ1n) is 12.1. The quantitative estimate of drug-likeness (QED) is 0.470. The van der Waals surface area contributed by atoms with E-state index in [0.29, 0.717) is 50.6 Å². The number of aromatic nitrogens is 4. The molecule has 0 amide bonds. The molecular weight excluding hydrogens is 436 g/mol. The topological polar surface area (TPSA) is 133 Å². The van der Waals surface area contributed by atoms with Crippen LogP contribution in [-0.4, -0.2) is 61.2 Å². The summed E-state index contributed by atoms with van der Waals surface area (Å²) in [6, 6.07) is 4.48. The van der Waals surface area contributed by atoms with Gasteiger partial charge in [0.25, 0.3) is 5.56 Å². The number of benzene rings is 1. The number of hydrogen-bond donors (Lipinski definition) is 3. The van der Waals surface area contributed by atoms with E-state index in [9.17, 15) is 19.5 Å². The molecule has 0 bridgehead atoms. The Labute approximate surface area is 196 Å². The molecule has 3 aliphatic heterocycles. The Hall–Kier alpha value is -3.27. The van der Waals surface area contributed by atoms with Gasteiger partial charge in [-0.15, -0.1) is 0 Å². The van der Waals surface area contributed by atoms with Crippen LogP contribution in [0.3, 0.4) is 0 Å². The molecule has 0 aromatic heterocycles. The van der Waals surface area contributed by atoms with Crippen molar-refractivity contribution in [3.63, 3.8) is 0 Å². The Kier molecular flexibility index (Phi) is 6.07. The second-order valence-electron chi connectivity index (χ2n) is 9.54. The van der Waals surface area contributed by atoms with Gasteiger partial charge in [0, 0.05) is 24.8 Å². The van der Waals surface area contributed by atoms with Crippen LogP contribution in [0.4, 0.5) is 5.69 Å². The number of carboxylic acids is 1. The van der Waals surface area contributed by atoms with Crippen LogP contribution in [0.5, 0.6) is 0 Å². The second-order valence-corrected chi connectivity index (χ2v) is 9.54. The SMILES string of the molecule is Cc1cc2nc3c(=O)[nH]c(=O)nc-3n(CCN3CCC(C(=O)O)CC3)c2cc1NC1CCCC1. The zero-order valence-electron chi connectivity index (χ0n) is 19.3. The first-order chi connectivity index (χ1) is 16.4. The highest BCUT2D eigenvalue weighted by Crippen LogP contribution is 2.29. The third-order valence-electron chi connectivity index (χ3n) is 7.25. The predicted octanol–water partition coefficient (Wildman–Crippen LogP) is 2.04. The van der Waals surface area contributed by atoms with Crippen LogP contribution in [0.1, 0.15) is 44.1 Å². The van der Waals surface area contributed by atoms with Gasteiger partial charge in [-0.05, 0) is 63.4 Å². The summed E-state index contributed by atoms with van der Waals surface area (Å²) in [6.07, 6.45) is 6.00. The molecule has 1 saturated carbocycles. The van der Waals surface area contributed by atoms with Crippen molar-refractivity contribution in [2.45, 2.75) is 58.0 Å². The number of carbonyl (C=O) groups is 1. The van der Waals surface area contributed by atoms with Gasteiger partial charge in [-0.2, -0.15) is 4.98 Å². The van der Waals surface area contributed by atoms with E-state index in [0.717, 1.165) is 29.6 Å². The fraction of sp³-hybridized carbons (Fsp3) is 0.542. The monoisotopic (exact) mass is 466 g/mol. The van der Waals surface area contributed by atoms with E-state index in [1.165, 1.54) is 12.8 Å². The maximum atomic E-state index is 12.5. The van der Waals surface area contributed by atoms with Crippen LogP contribution in [0.25, 0.3) is 22.6 Å². The molecule has 0 unspecified atom stereocenters. The molecule has 0 spiro atoms. The molecule has 1 aromatic rings.